The third kappa shape index (κ3) is 6.05. The van der Waals surface area contributed by atoms with E-state index in [9.17, 15) is 8.42 Å². The number of aromatic nitrogens is 1. The van der Waals surface area contributed by atoms with E-state index in [0.717, 1.165) is 0 Å². The van der Waals surface area contributed by atoms with Crippen molar-refractivity contribution in [2.24, 2.45) is 0 Å². The zero-order chi connectivity index (χ0) is 23.3. The van der Waals surface area contributed by atoms with Crippen molar-refractivity contribution < 1.29 is 17.6 Å². The van der Waals surface area contributed by atoms with Gasteiger partial charge in [0.2, 0.25) is 0 Å². The molecule has 1 heterocycles. The zero-order valence-electron chi connectivity index (χ0n) is 19.7. The largest absolute Gasteiger partial charge is 0.496 e. The second-order valence-corrected chi connectivity index (χ2v) is 16.1. The van der Waals surface area contributed by atoms with E-state index in [-0.39, 0.29) is 9.93 Å². The molecule has 0 bridgehead atoms. The number of benzene rings is 1. The van der Waals surface area contributed by atoms with Crippen molar-refractivity contribution in [2.45, 2.75) is 62.4 Å². The van der Waals surface area contributed by atoms with Gasteiger partial charge >= 0.3 is 0 Å². The van der Waals surface area contributed by atoms with Crippen LogP contribution in [0.2, 0.25) is 18.1 Å². The number of methoxy groups -OCH3 is 1. The first-order chi connectivity index (χ1) is 14.4. The highest BCUT2D eigenvalue weighted by Crippen LogP contribution is 2.39. The summed E-state index contributed by atoms with van der Waals surface area (Å²) in [6, 6.07) is 10.2. The summed E-state index contributed by atoms with van der Waals surface area (Å²) in [5.74, 6) is 0.530. The number of aryl methyl sites for hydroxylation is 1. The molecule has 0 radical (unpaired) electrons. The lowest BCUT2D eigenvalue weighted by molar-refractivity contribution is 0.327. The first-order valence-electron chi connectivity index (χ1n) is 10.5. The van der Waals surface area contributed by atoms with Crippen molar-refractivity contribution >= 4 is 18.2 Å². The monoisotopic (exact) mass is 461 g/mol. The molecule has 0 N–H and O–H groups in total. The lowest BCUT2D eigenvalue weighted by atomic mass is 10.1. The molecular formula is C24H35NO4SSi. The van der Waals surface area contributed by atoms with Gasteiger partial charge in [-0.25, -0.2) is 8.42 Å². The average Bonchev–Trinajstić information content (AvgIpc) is 2.70. The highest BCUT2D eigenvalue weighted by atomic mass is 32.2. The molecule has 0 aliphatic heterocycles. The van der Waals surface area contributed by atoms with Crippen LogP contribution in [-0.4, -0.2) is 35.4 Å². The minimum Gasteiger partial charge on any atom is -0.496 e. The van der Waals surface area contributed by atoms with Gasteiger partial charge in [-0.15, -0.1) is 0 Å². The van der Waals surface area contributed by atoms with Crippen LogP contribution >= 0.6 is 0 Å². The molecule has 0 saturated carbocycles. The van der Waals surface area contributed by atoms with Crippen molar-refractivity contribution in [1.29, 1.82) is 0 Å². The smallest absolute Gasteiger partial charge is 0.192 e. The molecule has 1 atom stereocenters. The molecule has 0 saturated heterocycles. The van der Waals surface area contributed by atoms with Gasteiger partial charge in [0, 0.05) is 17.5 Å². The van der Waals surface area contributed by atoms with Crippen LogP contribution in [0.4, 0.5) is 0 Å². The van der Waals surface area contributed by atoms with Crippen LogP contribution in [-0.2, 0) is 14.3 Å². The Hall–Kier alpha value is -1.96. The summed E-state index contributed by atoms with van der Waals surface area (Å²) < 4.78 is 38.8. The molecule has 0 fully saturated rings. The van der Waals surface area contributed by atoms with Crippen LogP contribution in [0.3, 0.4) is 0 Å². The number of hydrogen-bond acceptors (Lipinski definition) is 5. The predicted octanol–water partition coefficient (Wildman–Crippen LogP) is 5.88. The van der Waals surface area contributed by atoms with Crippen LogP contribution < -0.4 is 4.74 Å². The van der Waals surface area contributed by atoms with E-state index in [1.165, 1.54) is 0 Å². The van der Waals surface area contributed by atoms with Crippen LogP contribution in [0, 0.1) is 6.92 Å². The van der Waals surface area contributed by atoms with E-state index in [1.54, 1.807) is 43.6 Å². The Morgan fingerprint density at radius 3 is 2.32 bits per heavy atom. The first-order valence-corrected chi connectivity index (χ1v) is 14.9. The van der Waals surface area contributed by atoms with Gasteiger partial charge in [0.1, 0.15) is 5.75 Å². The molecule has 31 heavy (non-hydrogen) atoms. The highest BCUT2D eigenvalue weighted by Gasteiger charge is 2.37. The number of allylic oxidation sites excluding steroid dienone is 1. The van der Waals surface area contributed by atoms with E-state index in [0.29, 0.717) is 30.0 Å². The van der Waals surface area contributed by atoms with Gasteiger partial charge in [-0.1, -0.05) is 51.1 Å². The summed E-state index contributed by atoms with van der Waals surface area (Å²) in [5.41, 5.74) is 1.25. The molecule has 0 aliphatic rings. The van der Waals surface area contributed by atoms with Gasteiger partial charge in [-0.05, 0) is 49.7 Å². The number of nitrogens with zero attached hydrogens (tertiary/aromatic N) is 1. The van der Waals surface area contributed by atoms with Crippen LogP contribution in [0.1, 0.15) is 43.7 Å². The van der Waals surface area contributed by atoms with Crippen LogP contribution in [0.5, 0.6) is 5.75 Å². The molecule has 5 nitrogen and oxygen atoms in total. The normalized spacial score (nSPS) is 14.0. The highest BCUT2D eigenvalue weighted by molar-refractivity contribution is 7.91. The number of sulfone groups is 1. The molecule has 2 aromatic rings. The maximum atomic E-state index is 13.6. The van der Waals surface area contributed by atoms with Gasteiger partial charge in [0.05, 0.1) is 23.9 Å². The van der Waals surface area contributed by atoms with Gasteiger partial charge in [-0.2, -0.15) is 0 Å². The summed E-state index contributed by atoms with van der Waals surface area (Å²) in [4.78, 5) is 4.62. The number of ether oxygens (including phenoxy) is 1. The standard InChI is InChI=1S/C24H35NO4SSi/c1-19-23(21(28-5)16-17-25-19)22(30(26,27)20-13-9-8-10-14-20)15-11-12-18-29-31(6,7)24(2,3)4/h8-14,16-17,22H,15,18H2,1-7H3/b12-11+. The summed E-state index contributed by atoms with van der Waals surface area (Å²) in [7, 11) is -3.96. The molecule has 0 spiro atoms. The number of hydrogen-bond donors (Lipinski definition) is 0. The van der Waals surface area contributed by atoms with E-state index >= 15 is 0 Å². The van der Waals surface area contributed by atoms with Crippen molar-refractivity contribution in [2.75, 3.05) is 13.7 Å². The van der Waals surface area contributed by atoms with Gasteiger partial charge in [0.15, 0.2) is 18.2 Å². The molecule has 0 aliphatic carbocycles. The van der Waals surface area contributed by atoms with Gasteiger partial charge < -0.3 is 9.16 Å². The molecule has 1 aromatic heterocycles. The Kier molecular flexibility index (Phi) is 8.25. The quantitative estimate of drug-likeness (QED) is 0.344. The fourth-order valence-electron chi connectivity index (χ4n) is 3.06. The Balaban J connectivity index is 2.35. The maximum Gasteiger partial charge on any atom is 0.192 e. The van der Waals surface area contributed by atoms with Crippen molar-refractivity contribution in [3.8, 4) is 5.75 Å². The molecule has 1 unspecified atom stereocenters. The summed E-state index contributed by atoms with van der Waals surface area (Å²) in [5, 5.41) is -0.678. The minimum absolute atomic E-state index is 0.125. The third-order valence-electron chi connectivity index (χ3n) is 6.00. The predicted molar refractivity (Wildman–Crippen MR) is 129 cm³/mol. The Bertz CT molecular complexity index is 996. The van der Waals surface area contributed by atoms with Crippen molar-refractivity contribution in [3.63, 3.8) is 0 Å². The molecule has 170 valence electrons. The molecular weight excluding hydrogens is 426 g/mol. The van der Waals surface area contributed by atoms with Crippen molar-refractivity contribution in [3.05, 3.63) is 66.0 Å². The van der Waals surface area contributed by atoms with E-state index in [2.05, 4.69) is 38.8 Å². The van der Waals surface area contributed by atoms with Crippen molar-refractivity contribution in [1.82, 2.24) is 4.98 Å². The number of pyridine rings is 1. The molecule has 0 amide bonds. The third-order valence-corrected chi connectivity index (χ3v) is 12.6. The van der Waals surface area contributed by atoms with E-state index in [4.69, 9.17) is 9.16 Å². The summed E-state index contributed by atoms with van der Waals surface area (Å²) in [6.07, 6.45) is 5.75. The molecule has 7 heteroatoms. The summed E-state index contributed by atoms with van der Waals surface area (Å²) in [6.45, 7) is 13.3. The molecule has 1 aromatic carbocycles. The zero-order valence-corrected chi connectivity index (χ0v) is 21.5. The Morgan fingerprint density at radius 1 is 1.10 bits per heavy atom. The topological polar surface area (TPSA) is 65.5 Å². The fraction of sp³-hybridized carbons (Fsp3) is 0.458. The SMILES string of the molecule is COc1ccnc(C)c1C(C/C=C/CO[Si](C)(C)C(C)(C)C)S(=O)(=O)c1ccccc1. The van der Waals surface area contributed by atoms with Gasteiger partial charge in [-0.3, -0.25) is 4.98 Å². The van der Waals surface area contributed by atoms with Gasteiger partial charge in [0.25, 0.3) is 0 Å². The lowest BCUT2D eigenvalue weighted by Crippen LogP contribution is -2.40. The van der Waals surface area contributed by atoms with E-state index < -0.39 is 23.4 Å². The number of rotatable bonds is 9. The lowest BCUT2D eigenvalue weighted by Gasteiger charge is -2.35. The maximum absolute atomic E-state index is 13.6. The van der Waals surface area contributed by atoms with E-state index in [1.807, 2.05) is 25.1 Å². The summed E-state index contributed by atoms with van der Waals surface area (Å²) >= 11 is 0. The first kappa shape index (κ1) is 25.3. The molecule has 2 rings (SSSR count). The Morgan fingerprint density at radius 2 is 1.74 bits per heavy atom. The second-order valence-electron chi connectivity index (χ2n) is 9.14. The average molecular weight is 462 g/mol. The fourth-order valence-corrected chi connectivity index (χ4v) is 5.83. The van der Waals surface area contributed by atoms with Crippen LogP contribution in [0.25, 0.3) is 0 Å². The van der Waals surface area contributed by atoms with Crippen LogP contribution in [0.15, 0.2) is 59.6 Å². The minimum atomic E-state index is -3.65. The second kappa shape index (κ2) is 10.1. The Labute approximate surface area is 188 Å².